The Balaban J connectivity index is 1.38. The lowest BCUT2D eigenvalue weighted by atomic mass is 9.84. The lowest BCUT2D eigenvalue weighted by Crippen LogP contribution is -2.36. The highest BCUT2D eigenvalue weighted by atomic mass is 32.2. The van der Waals surface area contributed by atoms with Crippen LogP contribution in [0.25, 0.3) is 0 Å². The minimum Gasteiger partial charge on any atom is -0.355 e. The second-order valence-electron chi connectivity index (χ2n) is 8.67. The monoisotopic (exact) mass is 441 g/mol. The van der Waals surface area contributed by atoms with Crippen LogP contribution in [-0.2, 0) is 20.2 Å². The van der Waals surface area contributed by atoms with Gasteiger partial charge in [-0.25, -0.2) is 8.42 Å². The van der Waals surface area contributed by atoms with E-state index in [9.17, 15) is 13.2 Å². The normalized spacial score (nSPS) is 16.0. The Kier molecular flexibility index (Phi) is 7.15. The molecule has 1 heterocycles. The van der Waals surface area contributed by atoms with Gasteiger partial charge in [0.15, 0.2) is 0 Å². The number of nitrogens with one attached hydrogen (secondary N) is 2. The van der Waals surface area contributed by atoms with Gasteiger partial charge in [-0.2, -0.15) is 0 Å². The second-order valence-corrected chi connectivity index (χ2v) is 10.3. The van der Waals surface area contributed by atoms with Crippen LogP contribution in [-0.4, -0.2) is 33.3 Å². The molecule has 1 amide bonds. The number of nitrogens with zero attached hydrogens (tertiary/aromatic N) is 1. The summed E-state index contributed by atoms with van der Waals surface area (Å²) in [5.41, 5.74) is 2.94. The fourth-order valence-electron chi connectivity index (χ4n) is 3.59. The molecule has 0 saturated carbocycles. The predicted molar refractivity (Wildman–Crippen MR) is 124 cm³/mol. The molecule has 2 aromatic rings. The molecular weight excluding hydrogens is 410 g/mol. The van der Waals surface area contributed by atoms with Crippen molar-refractivity contribution in [2.24, 2.45) is 4.99 Å². The molecular formula is C24H31N3O3S. The minimum atomic E-state index is -3.49. The minimum absolute atomic E-state index is 0.0597. The summed E-state index contributed by atoms with van der Waals surface area (Å²) < 4.78 is 26.7. The molecule has 0 saturated heterocycles. The summed E-state index contributed by atoms with van der Waals surface area (Å²) in [6.45, 7) is 7.47. The molecule has 0 spiro atoms. The Labute approximate surface area is 185 Å². The number of hydrogen-bond donors (Lipinski definition) is 2. The van der Waals surface area contributed by atoms with Gasteiger partial charge in [-0.15, -0.1) is 0 Å². The highest BCUT2D eigenvalue weighted by molar-refractivity contribution is 7.90. The van der Waals surface area contributed by atoms with Crippen molar-refractivity contribution in [1.29, 1.82) is 0 Å². The summed E-state index contributed by atoms with van der Waals surface area (Å²) in [6.07, 6.45) is 2.93. The number of carbonyl (C=O) groups excluding carboxylic acids is 1. The molecule has 3 rings (SSSR count). The van der Waals surface area contributed by atoms with Crippen molar-refractivity contribution in [1.82, 2.24) is 10.0 Å². The molecule has 0 atom stereocenters. The third kappa shape index (κ3) is 5.94. The first kappa shape index (κ1) is 23.0. The molecule has 0 unspecified atom stereocenters. The lowest BCUT2D eigenvalue weighted by Gasteiger charge is -2.26. The third-order valence-electron chi connectivity index (χ3n) is 5.52. The number of rotatable bonds is 9. The van der Waals surface area contributed by atoms with Gasteiger partial charge in [0.2, 0.25) is 5.91 Å². The highest BCUT2D eigenvalue weighted by Crippen LogP contribution is 2.23. The van der Waals surface area contributed by atoms with Gasteiger partial charge in [0, 0.05) is 30.5 Å². The van der Waals surface area contributed by atoms with Gasteiger partial charge in [-0.05, 0) is 37.5 Å². The molecule has 7 heteroatoms. The number of unbranched alkanes of at least 4 members (excludes halogenated alkanes) is 2. The fraction of sp³-hybridized carbons (Fsp3) is 0.417. The van der Waals surface area contributed by atoms with E-state index in [0.717, 1.165) is 19.3 Å². The van der Waals surface area contributed by atoms with E-state index < -0.39 is 10.0 Å². The molecule has 0 aromatic heterocycles. The summed E-state index contributed by atoms with van der Waals surface area (Å²) in [5.74, 6) is 0.469. The van der Waals surface area contributed by atoms with Gasteiger partial charge < -0.3 is 5.32 Å². The van der Waals surface area contributed by atoms with E-state index in [-0.39, 0.29) is 16.2 Å². The summed E-state index contributed by atoms with van der Waals surface area (Å²) in [4.78, 5) is 16.9. The van der Waals surface area contributed by atoms with Crippen molar-refractivity contribution in [3.63, 3.8) is 0 Å². The summed E-state index contributed by atoms with van der Waals surface area (Å²) >= 11 is 0. The number of sulfonamides is 1. The predicted octanol–water partition coefficient (Wildman–Crippen LogP) is 3.69. The number of aliphatic imine (C=N–C) groups is 1. The average molecular weight is 442 g/mol. The molecule has 0 fully saturated rings. The van der Waals surface area contributed by atoms with Crippen LogP contribution in [0.2, 0.25) is 0 Å². The Morgan fingerprint density at radius 2 is 1.84 bits per heavy atom. The fourth-order valence-corrected chi connectivity index (χ4v) is 4.84. The van der Waals surface area contributed by atoms with Gasteiger partial charge in [-0.1, -0.05) is 62.2 Å². The lowest BCUT2D eigenvalue weighted by molar-refractivity contribution is -0.121. The van der Waals surface area contributed by atoms with E-state index in [0.29, 0.717) is 30.9 Å². The van der Waals surface area contributed by atoms with Crippen LogP contribution in [0, 0.1) is 6.92 Å². The standard InChI is InChI=1S/C24H31N3O3S/c1-18-10-9-11-19(16-18)24(2,3)17-26-22(28)14-5-4-8-15-25-23-20-12-6-7-13-21(20)31(29,30)27-23/h6-7,9-13,16H,4-5,8,14-15,17H2,1-3H3,(H,25,27)(H,26,28). The van der Waals surface area contributed by atoms with Crippen molar-refractivity contribution < 1.29 is 13.2 Å². The smallest absolute Gasteiger partial charge is 0.263 e. The number of hydrogen-bond acceptors (Lipinski definition) is 4. The molecule has 31 heavy (non-hydrogen) atoms. The molecule has 2 aromatic carbocycles. The Bertz CT molecular complexity index is 1070. The molecule has 1 aliphatic heterocycles. The van der Waals surface area contributed by atoms with E-state index in [4.69, 9.17) is 0 Å². The first-order chi connectivity index (χ1) is 14.7. The first-order valence-electron chi connectivity index (χ1n) is 10.7. The number of amidine groups is 1. The van der Waals surface area contributed by atoms with Crippen molar-refractivity contribution in [3.05, 3.63) is 65.2 Å². The summed E-state index contributed by atoms with van der Waals surface area (Å²) in [6, 6.07) is 15.2. The number of fused-ring (bicyclic) bond motifs is 1. The van der Waals surface area contributed by atoms with E-state index in [2.05, 4.69) is 54.0 Å². The second kappa shape index (κ2) is 9.64. The van der Waals surface area contributed by atoms with Crippen LogP contribution >= 0.6 is 0 Å². The van der Waals surface area contributed by atoms with Crippen molar-refractivity contribution in [3.8, 4) is 0 Å². The van der Waals surface area contributed by atoms with Crippen LogP contribution in [0.3, 0.4) is 0 Å². The molecule has 2 N–H and O–H groups in total. The Hall–Kier alpha value is -2.67. The summed E-state index contributed by atoms with van der Waals surface area (Å²) in [7, 11) is -3.49. The van der Waals surface area contributed by atoms with E-state index >= 15 is 0 Å². The average Bonchev–Trinajstić information content (AvgIpc) is 2.99. The number of benzene rings is 2. The molecule has 0 aliphatic carbocycles. The van der Waals surface area contributed by atoms with Gasteiger partial charge >= 0.3 is 0 Å². The molecule has 1 aliphatic rings. The molecule has 166 valence electrons. The van der Waals surface area contributed by atoms with E-state index in [1.54, 1.807) is 24.3 Å². The van der Waals surface area contributed by atoms with Crippen LogP contribution in [0.4, 0.5) is 0 Å². The van der Waals surface area contributed by atoms with Crippen molar-refractivity contribution in [2.45, 2.75) is 56.8 Å². The molecule has 6 nitrogen and oxygen atoms in total. The third-order valence-corrected chi connectivity index (χ3v) is 6.92. The van der Waals surface area contributed by atoms with Crippen LogP contribution in [0.1, 0.15) is 56.2 Å². The van der Waals surface area contributed by atoms with Gasteiger partial charge in [0.25, 0.3) is 10.0 Å². The van der Waals surface area contributed by atoms with Crippen LogP contribution in [0.15, 0.2) is 58.4 Å². The SMILES string of the molecule is Cc1cccc(C(C)(C)CNC(=O)CCCCCN=C2NS(=O)(=O)c3ccccc32)c1. The van der Waals surface area contributed by atoms with Crippen molar-refractivity contribution >= 4 is 21.8 Å². The maximum atomic E-state index is 12.2. The van der Waals surface area contributed by atoms with Crippen LogP contribution < -0.4 is 10.0 Å². The van der Waals surface area contributed by atoms with E-state index in [1.807, 2.05) is 6.07 Å². The van der Waals surface area contributed by atoms with Crippen LogP contribution in [0.5, 0.6) is 0 Å². The Morgan fingerprint density at radius 3 is 2.61 bits per heavy atom. The molecule has 0 radical (unpaired) electrons. The number of amides is 1. The van der Waals surface area contributed by atoms with Gasteiger partial charge in [-0.3, -0.25) is 14.5 Å². The van der Waals surface area contributed by atoms with Gasteiger partial charge in [0.05, 0.1) is 4.90 Å². The van der Waals surface area contributed by atoms with Gasteiger partial charge in [0.1, 0.15) is 5.84 Å². The maximum Gasteiger partial charge on any atom is 0.263 e. The van der Waals surface area contributed by atoms with E-state index in [1.165, 1.54) is 11.1 Å². The first-order valence-corrected chi connectivity index (χ1v) is 12.2. The highest BCUT2D eigenvalue weighted by Gasteiger charge is 2.29. The quantitative estimate of drug-likeness (QED) is 0.582. The zero-order valence-electron chi connectivity index (χ0n) is 18.4. The largest absolute Gasteiger partial charge is 0.355 e. The summed E-state index contributed by atoms with van der Waals surface area (Å²) in [5, 5.41) is 3.05. The Morgan fingerprint density at radius 1 is 1.06 bits per heavy atom. The zero-order valence-corrected chi connectivity index (χ0v) is 19.3. The maximum absolute atomic E-state index is 12.2. The topological polar surface area (TPSA) is 87.6 Å². The molecule has 0 bridgehead atoms. The zero-order chi connectivity index (χ0) is 22.5. The number of carbonyl (C=O) groups is 1. The van der Waals surface area contributed by atoms with Crippen molar-refractivity contribution in [2.75, 3.05) is 13.1 Å². The number of aryl methyl sites for hydroxylation is 1.